The van der Waals surface area contributed by atoms with Crippen LogP contribution in [-0.4, -0.2) is 24.2 Å². The quantitative estimate of drug-likeness (QED) is 0.773. The molecule has 88 valence electrons. The van der Waals surface area contributed by atoms with Gasteiger partial charge in [0.1, 0.15) is 11.4 Å². The first-order valence-electron chi connectivity index (χ1n) is 4.90. The molecule has 0 amide bonds. The Labute approximate surface area is 93.5 Å². The third-order valence-electron chi connectivity index (χ3n) is 2.54. The fourth-order valence-corrected chi connectivity index (χ4v) is 1.38. The lowest BCUT2D eigenvalue weighted by Gasteiger charge is -2.26. The van der Waals surface area contributed by atoms with Gasteiger partial charge in [0.05, 0.1) is 11.4 Å². The van der Waals surface area contributed by atoms with Crippen molar-refractivity contribution in [1.82, 2.24) is 0 Å². The first-order chi connectivity index (χ1) is 7.36. The van der Waals surface area contributed by atoms with E-state index in [1.807, 2.05) is 13.8 Å². The average molecular weight is 226 g/mol. The standard InChI is InChI=1S/C11H15FN2O2/c1-6(2)14(3)8-5-4-7(12)10(13)9(8)11(15)16/h4-6H,13H2,1-3H3,(H,15,16). The van der Waals surface area contributed by atoms with Crippen molar-refractivity contribution in [3.05, 3.63) is 23.5 Å². The van der Waals surface area contributed by atoms with Gasteiger partial charge in [-0.05, 0) is 26.0 Å². The molecule has 3 N–H and O–H groups in total. The van der Waals surface area contributed by atoms with Gasteiger partial charge < -0.3 is 15.7 Å². The number of carboxylic acid groups (broad SMARTS) is 1. The Kier molecular flexibility index (Phi) is 3.37. The zero-order valence-electron chi connectivity index (χ0n) is 9.49. The Morgan fingerprint density at radius 3 is 2.50 bits per heavy atom. The van der Waals surface area contributed by atoms with Gasteiger partial charge in [-0.1, -0.05) is 0 Å². The summed E-state index contributed by atoms with van der Waals surface area (Å²) in [5.41, 5.74) is 5.35. The van der Waals surface area contributed by atoms with Crippen LogP contribution in [0.3, 0.4) is 0 Å². The summed E-state index contributed by atoms with van der Waals surface area (Å²) in [5.74, 6) is -1.93. The predicted molar refractivity (Wildman–Crippen MR) is 61.3 cm³/mol. The molecule has 1 aromatic rings. The second-order valence-corrected chi connectivity index (χ2v) is 3.86. The van der Waals surface area contributed by atoms with Crippen LogP contribution >= 0.6 is 0 Å². The van der Waals surface area contributed by atoms with Crippen LogP contribution in [0.25, 0.3) is 0 Å². The lowest BCUT2D eigenvalue weighted by atomic mass is 10.1. The molecule has 0 fully saturated rings. The summed E-state index contributed by atoms with van der Waals surface area (Å²) in [5, 5.41) is 9.03. The van der Waals surface area contributed by atoms with Crippen LogP contribution in [-0.2, 0) is 0 Å². The second-order valence-electron chi connectivity index (χ2n) is 3.86. The van der Waals surface area contributed by atoms with Crippen molar-refractivity contribution in [3.63, 3.8) is 0 Å². The molecule has 16 heavy (non-hydrogen) atoms. The Morgan fingerprint density at radius 1 is 1.50 bits per heavy atom. The van der Waals surface area contributed by atoms with Crippen molar-refractivity contribution >= 4 is 17.3 Å². The van der Waals surface area contributed by atoms with Gasteiger partial charge in [0.15, 0.2) is 0 Å². The van der Waals surface area contributed by atoms with E-state index in [0.717, 1.165) is 0 Å². The van der Waals surface area contributed by atoms with E-state index >= 15 is 0 Å². The lowest BCUT2D eigenvalue weighted by Crippen LogP contribution is -2.28. The molecule has 0 unspecified atom stereocenters. The van der Waals surface area contributed by atoms with Crippen LogP contribution in [0.5, 0.6) is 0 Å². The highest BCUT2D eigenvalue weighted by molar-refractivity contribution is 6.00. The molecule has 0 aliphatic carbocycles. The van der Waals surface area contributed by atoms with E-state index in [0.29, 0.717) is 5.69 Å². The highest BCUT2D eigenvalue weighted by Gasteiger charge is 2.20. The van der Waals surface area contributed by atoms with Crippen molar-refractivity contribution in [3.8, 4) is 0 Å². The molecule has 1 aromatic carbocycles. The van der Waals surface area contributed by atoms with Gasteiger partial charge in [0, 0.05) is 13.1 Å². The molecule has 0 aliphatic rings. The summed E-state index contributed by atoms with van der Waals surface area (Å²) >= 11 is 0. The van der Waals surface area contributed by atoms with Crippen molar-refractivity contribution < 1.29 is 14.3 Å². The number of nitrogen functional groups attached to an aromatic ring is 1. The number of carboxylic acids is 1. The molecule has 0 saturated carbocycles. The van der Waals surface area contributed by atoms with Crippen molar-refractivity contribution in [1.29, 1.82) is 0 Å². The van der Waals surface area contributed by atoms with Crippen LogP contribution in [0.1, 0.15) is 24.2 Å². The minimum absolute atomic E-state index is 0.1000. The van der Waals surface area contributed by atoms with Gasteiger partial charge in [-0.2, -0.15) is 0 Å². The van der Waals surface area contributed by atoms with Crippen molar-refractivity contribution in [2.24, 2.45) is 0 Å². The monoisotopic (exact) mass is 226 g/mol. The fourth-order valence-electron chi connectivity index (χ4n) is 1.38. The van der Waals surface area contributed by atoms with Gasteiger partial charge in [-0.25, -0.2) is 9.18 Å². The zero-order valence-corrected chi connectivity index (χ0v) is 9.49. The van der Waals surface area contributed by atoms with Crippen LogP contribution in [0, 0.1) is 5.82 Å². The second kappa shape index (κ2) is 4.38. The zero-order chi connectivity index (χ0) is 12.5. The molecule has 0 heterocycles. The number of benzene rings is 1. The summed E-state index contributed by atoms with van der Waals surface area (Å²) < 4.78 is 13.2. The first kappa shape index (κ1) is 12.3. The van der Waals surface area contributed by atoms with E-state index in [1.54, 1.807) is 11.9 Å². The summed E-state index contributed by atoms with van der Waals surface area (Å²) in [4.78, 5) is 12.8. The van der Waals surface area contributed by atoms with Crippen LogP contribution in [0.2, 0.25) is 0 Å². The van der Waals surface area contributed by atoms with Gasteiger partial charge in [-0.15, -0.1) is 0 Å². The first-order valence-corrected chi connectivity index (χ1v) is 4.90. The fraction of sp³-hybridized carbons (Fsp3) is 0.364. The topological polar surface area (TPSA) is 66.6 Å². The maximum Gasteiger partial charge on any atom is 0.340 e. The number of rotatable bonds is 3. The van der Waals surface area contributed by atoms with E-state index in [-0.39, 0.29) is 17.3 Å². The SMILES string of the molecule is CC(C)N(C)c1ccc(F)c(N)c1C(=O)O. The minimum atomic E-state index is -1.22. The number of nitrogens with zero attached hydrogens (tertiary/aromatic N) is 1. The van der Waals surface area contributed by atoms with Crippen LogP contribution in [0.4, 0.5) is 15.8 Å². The molecule has 0 aromatic heterocycles. The summed E-state index contributed by atoms with van der Waals surface area (Å²) in [6.07, 6.45) is 0. The highest BCUT2D eigenvalue weighted by atomic mass is 19.1. The smallest absolute Gasteiger partial charge is 0.340 e. The molecule has 1 rings (SSSR count). The molecular weight excluding hydrogens is 211 g/mol. The van der Waals surface area contributed by atoms with E-state index in [9.17, 15) is 9.18 Å². The van der Waals surface area contributed by atoms with E-state index in [2.05, 4.69) is 0 Å². The van der Waals surface area contributed by atoms with Crippen LogP contribution in [0.15, 0.2) is 12.1 Å². The molecule has 0 bridgehead atoms. The number of hydrogen-bond acceptors (Lipinski definition) is 3. The number of hydrogen-bond donors (Lipinski definition) is 2. The molecule has 0 radical (unpaired) electrons. The van der Waals surface area contributed by atoms with E-state index in [4.69, 9.17) is 10.8 Å². The van der Waals surface area contributed by atoms with Crippen molar-refractivity contribution in [2.45, 2.75) is 19.9 Å². The largest absolute Gasteiger partial charge is 0.478 e. The third-order valence-corrected chi connectivity index (χ3v) is 2.54. The van der Waals surface area contributed by atoms with Gasteiger partial charge >= 0.3 is 5.97 Å². The van der Waals surface area contributed by atoms with Gasteiger partial charge in [0.2, 0.25) is 0 Å². The summed E-state index contributed by atoms with van der Waals surface area (Å²) in [6.45, 7) is 3.82. The Morgan fingerprint density at radius 2 is 2.06 bits per heavy atom. The number of aromatic carboxylic acids is 1. The number of nitrogens with two attached hydrogens (primary N) is 1. The number of anilines is 2. The third kappa shape index (κ3) is 2.08. The Hall–Kier alpha value is -1.78. The Balaban J connectivity index is 3.40. The lowest BCUT2D eigenvalue weighted by molar-refractivity contribution is 0.0698. The minimum Gasteiger partial charge on any atom is -0.478 e. The molecule has 0 aliphatic heterocycles. The average Bonchev–Trinajstić information content (AvgIpc) is 2.20. The van der Waals surface area contributed by atoms with Gasteiger partial charge in [-0.3, -0.25) is 0 Å². The summed E-state index contributed by atoms with van der Waals surface area (Å²) in [7, 11) is 1.74. The van der Waals surface area contributed by atoms with E-state index in [1.165, 1.54) is 12.1 Å². The van der Waals surface area contributed by atoms with Gasteiger partial charge in [0.25, 0.3) is 0 Å². The van der Waals surface area contributed by atoms with E-state index < -0.39 is 11.8 Å². The number of carbonyl (C=O) groups is 1. The maximum absolute atomic E-state index is 13.2. The molecule has 4 nitrogen and oxygen atoms in total. The van der Waals surface area contributed by atoms with Crippen molar-refractivity contribution in [2.75, 3.05) is 17.7 Å². The molecule has 0 saturated heterocycles. The predicted octanol–water partition coefficient (Wildman–Crippen LogP) is 1.95. The maximum atomic E-state index is 13.2. The number of halogens is 1. The Bertz CT molecular complexity index is 419. The normalized spacial score (nSPS) is 10.6. The summed E-state index contributed by atoms with van der Waals surface area (Å²) in [6, 6.07) is 2.70. The van der Waals surface area contributed by atoms with Crippen LogP contribution < -0.4 is 10.6 Å². The molecular formula is C11H15FN2O2. The molecule has 0 atom stereocenters. The highest BCUT2D eigenvalue weighted by Crippen LogP contribution is 2.28. The molecule has 5 heteroatoms. The molecule has 0 spiro atoms.